The van der Waals surface area contributed by atoms with Crippen molar-refractivity contribution < 1.29 is 31.5 Å². The fourth-order valence-electron chi connectivity index (χ4n) is 1.22. The zero-order valence-corrected chi connectivity index (χ0v) is 10.7. The maximum Gasteiger partial charge on any atom is 0.324 e. The van der Waals surface area contributed by atoms with Gasteiger partial charge in [-0.1, -0.05) is 0 Å². The maximum absolute atomic E-state index is 13.3. The summed E-state index contributed by atoms with van der Waals surface area (Å²) >= 11 is 0. The molecule has 9 heteroatoms. The zero-order chi connectivity index (χ0) is 15.0. The van der Waals surface area contributed by atoms with E-state index in [1.165, 1.54) is 0 Å². The molecule has 5 nitrogen and oxygen atoms in total. The van der Waals surface area contributed by atoms with Gasteiger partial charge in [-0.05, 0) is 13.8 Å². The molecule has 1 rings (SSSR count). The van der Waals surface area contributed by atoms with Gasteiger partial charge in [0.15, 0.2) is 4.90 Å². The number of aliphatic carboxylic acids is 1. The van der Waals surface area contributed by atoms with Crippen LogP contribution >= 0.6 is 0 Å². The number of sulfonamides is 1. The van der Waals surface area contributed by atoms with Gasteiger partial charge in [0.25, 0.3) is 0 Å². The van der Waals surface area contributed by atoms with Gasteiger partial charge in [0.05, 0.1) is 0 Å². The molecule has 0 aliphatic rings. The molecule has 0 spiro atoms. The van der Waals surface area contributed by atoms with Crippen LogP contribution < -0.4 is 4.72 Å². The second kappa shape index (κ2) is 4.82. The van der Waals surface area contributed by atoms with Gasteiger partial charge >= 0.3 is 5.97 Å². The largest absolute Gasteiger partial charge is 0.480 e. The molecule has 0 aliphatic heterocycles. The quantitative estimate of drug-likeness (QED) is 0.876. The van der Waals surface area contributed by atoms with Crippen molar-refractivity contribution in [2.75, 3.05) is 0 Å². The summed E-state index contributed by atoms with van der Waals surface area (Å²) in [5.41, 5.74) is -1.98. The summed E-state index contributed by atoms with van der Waals surface area (Å²) in [6.45, 7) is 1.98. The van der Waals surface area contributed by atoms with Crippen molar-refractivity contribution in [1.29, 1.82) is 0 Å². The smallest absolute Gasteiger partial charge is 0.324 e. The number of rotatable bonds is 4. The fourth-order valence-corrected chi connectivity index (χ4v) is 2.71. The third-order valence-corrected chi connectivity index (χ3v) is 3.86. The van der Waals surface area contributed by atoms with Crippen LogP contribution in [-0.2, 0) is 14.8 Å². The van der Waals surface area contributed by atoms with Crippen molar-refractivity contribution in [2.45, 2.75) is 24.3 Å². The standard InChI is InChI=1S/C10H10F3NO4S/c1-10(2,9(15)16)14-19(17,18)8-6(12)3-5(11)4-7(8)13/h3-4,14H,1-2H3,(H,15,16). The highest BCUT2D eigenvalue weighted by atomic mass is 32.2. The molecule has 1 aromatic rings. The molecular formula is C10H10F3NO4S. The van der Waals surface area contributed by atoms with Crippen LogP contribution in [0.25, 0.3) is 0 Å². The van der Waals surface area contributed by atoms with Crippen molar-refractivity contribution in [1.82, 2.24) is 4.72 Å². The van der Waals surface area contributed by atoms with Crippen molar-refractivity contribution in [2.24, 2.45) is 0 Å². The summed E-state index contributed by atoms with van der Waals surface area (Å²) in [6, 6.07) is 0.372. The van der Waals surface area contributed by atoms with Gasteiger partial charge in [-0.15, -0.1) is 0 Å². The lowest BCUT2D eigenvalue weighted by Gasteiger charge is -2.21. The topological polar surface area (TPSA) is 83.5 Å². The lowest BCUT2D eigenvalue weighted by atomic mass is 10.1. The molecule has 0 bridgehead atoms. The molecule has 0 atom stereocenters. The summed E-state index contributed by atoms with van der Waals surface area (Å²) in [6.07, 6.45) is 0. The normalized spacial score (nSPS) is 12.5. The first kappa shape index (κ1) is 15.4. The van der Waals surface area contributed by atoms with Gasteiger partial charge in [-0.2, -0.15) is 4.72 Å². The van der Waals surface area contributed by atoms with Crippen LogP contribution in [0, 0.1) is 17.5 Å². The highest BCUT2D eigenvalue weighted by Gasteiger charge is 2.36. The van der Waals surface area contributed by atoms with Gasteiger partial charge in [-0.3, -0.25) is 4.79 Å². The van der Waals surface area contributed by atoms with Gasteiger partial charge < -0.3 is 5.11 Å². The minimum atomic E-state index is -4.79. The predicted molar refractivity (Wildman–Crippen MR) is 58.4 cm³/mol. The van der Waals surface area contributed by atoms with Crippen molar-refractivity contribution >= 4 is 16.0 Å². The Bertz CT molecular complexity index is 605. The summed E-state index contributed by atoms with van der Waals surface area (Å²) in [5.74, 6) is -6.12. The van der Waals surface area contributed by atoms with Crippen molar-refractivity contribution in [3.05, 3.63) is 29.6 Å². The molecule has 0 fully saturated rings. The highest BCUT2D eigenvalue weighted by Crippen LogP contribution is 2.21. The Morgan fingerprint density at radius 3 is 2.00 bits per heavy atom. The van der Waals surface area contributed by atoms with E-state index in [2.05, 4.69) is 0 Å². The van der Waals surface area contributed by atoms with Crippen LogP contribution in [0.4, 0.5) is 13.2 Å². The molecule has 0 saturated carbocycles. The average Bonchev–Trinajstić information content (AvgIpc) is 2.12. The second-order valence-electron chi connectivity index (χ2n) is 4.23. The molecule has 0 amide bonds. The minimum Gasteiger partial charge on any atom is -0.480 e. The van der Waals surface area contributed by atoms with E-state index in [4.69, 9.17) is 5.11 Å². The van der Waals surface area contributed by atoms with Gasteiger partial charge in [-0.25, -0.2) is 21.6 Å². The van der Waals surface area contributed by atoms with Crippen LogP contribution in [0.1, 0.15) is 13.8 Å². The summed E-state index contributed by atoms with van der Waals surface area (Å²) < 4.78 is 64.4. The van der Waals surface area contributed by atoms with E-state index in [1.54, 1.807) is 4.72 Å². The Hall–Kier alpha value is -1.61. The van der Waals surface area contributed by atoms with Crippen LogP contribution in [0.15, 0.2) is 17.0 Å². The maximum atomic E-state index is 13.3. The fraction of sp³-hybridized carbons (Fsp3) is 0.300. The third-order valence-electron chi connectivity index (χ3n) is 2.16. The lowest BCUT2D eigenvalue weighted by molar-refractivity contribution is -0.142. The molecule has 0 radical (unpaired) electrons. The van der Waals surface area contributed by atoms with E-state index in [0.29, 0.717) is 0 Å². The third kappa shape index (κ3) is 3.24. The first-order valence-electron chi connectivity index (χ1n) is 4.89. The van der Waals surface area contributed by atoms with Crippen molar-refractivity contribution in [3.8, 4) is 0 Å². The second-order valence-corrected chi connectivity index (χ2v) is 5.85. The zero-order valence-electron chi connectivity index (χ0n) is 9.87. The Morgan fingerprint density at radius 1 is 1.21 bits per heavy atom. The number of nitrogens with one attached hydrogen (secondary N) is 1. The molecule has 19 heavy (non-hydrogen) atoms. The van der Waals surface area contributed by atoms with Gasteiger partial charge in [0, 0.05) is 12.1 Å². The number of halogens is 3. The number of hydrogen-bond acceptors (Lipinski definition) is 3. The molecular weight excluding hydrogens is 287 g/mol. The van der Waals surface area contributed by atoms with Crippen LogP contribution in [-0.4, -0.2) is 25.0 Å². The van der Waals surface area contributed by atoms with E-state index >= 15 is 0 Å². The highest BCUT2D eigenvalue weighted by molar-refractivity contribution is 7.89. The number of carboxylic acid groups (broad SMARTS) is 1. The van der Waals surface area contributed by atoms with E-state index in [-0.39, 0.29) is 12.1 Å². The average molecular weight is 297 g/mol. The van der Waals surface area contributed by atoms with E-state index in [0.717, 1.165) is 13.8 Å². The van der Waals surface area contributed by atoms with Gasteiger partial charge in [0.1, 0.15) is 23.0 Å². The SMILES string of the molecule is CC(C)(NS(=O)(=O)c1c(F)cc(F)cc1F)C(=O)O. The molecule has 0 aromatic heterocycles. The molecule has 0 saturated heterocycles. The van der Waals surface area contributed by atoms with Crippen LogP contribution in [0.5, 0.6) is 0 Å². The summed E-state index contributed by atoms with van der Waals surface area (Å²) in [5, 5.41) is 8.76. The predicted octanol–water partition coefficient (Wildman–Crippen LogP) is 1.25. The Balaban J connectivity index is 3.34. The first-order valence-corrected chi connectivity index (χ1v) is 6.37. The number of carboxylic acids is 1. The molecule has 106 valence electrons. The summed E-state index contributed by atoms with van der Waals surface area (Å²) in [4.78, 5) is 9.35. The van der Waals surface area contributed by atoms with Gasteiger partial charge in [0.2, 0.25) is 10.0 Å². The van der Waals surface area contributed by atoms with E-state index in [9.17, 15) is 26.4 Å². The Kier molecular flexibility index (Phi) is 3.92. The number of carbonyl (C=O) groups is 1. The molecule has 0 unspecified atom stereocenters. The van der Waals surface area contributed by atoms with Crippen molar-refractivity contribution in [3.63, 3.8) is 0 Å². The van der Waals surface area contributed by atoms with Crippen LogP contribution in [0.3, 0.4) is 0 Å². The van der Waals surface area contributed by atoms with E-state index in [1.807, 2.05) is 0 Å². The monoisotopic (exact) mass is 297 g/mol. The van der Waals surface area contributed by atoms with Crippen LogP contribution in [0.2, 0.25) is 0 Å². The molecule has 0 aliphatic carbocycles. The Morgan fingerprint density at radius 2 is 1.63 bits per heavy atom. The number of benzene rings is 1. The Labute approximate surface area is 107 Å². The minimum absolute atomic E-state index is 0.186. The first-order chi connectivity index (χ1) is 8.47. The van der Waals surface area contributed by atoms with E-state index < -0.39 is 43.9 Å². The molecule has 0 heterocycles. The summed E-state index contributed by atoms with van der Waals surface area (Å²) in [7, 11) is -4.79. The molecule has 2 N–H and O–H groups in total. The lowest BCUT2D eigenvalue weighted by Crippen LogP contribution is -2.49. The number of hydrogen-bond donors (Lipinski definition) is 2. The molecule has 1 aromatic carbocycles.